The first-order chi connectivity index (χ1) is 7.06. The zero-order valence-electron chi connectivity index (χ0n) is 8.69. The molecule has 0 aliphatic heterocycles. The van der Waals surface area contributed by atoms with Gasteiger partial charge in [-0.25, -0.2) is 4.79 Å². The molecule has 0 radical (unpaired) electrons. The molecule has 1 N–H and O–H groups in total. The summed E-state index contributed by atoms with van der Waals surface area (Å²) < 4.78 is 6.23. The van der Waals surface area contributed by atoms with Crippen LogP contribution in [0.15, 0.2) is 12.1 Å². The Morgan fingerprint density at radius 1 is 1.47 bits per heavy atom. The Balaban J connectivity index is 2.80. The van der Waals surface area contributed by atoms with E-state index in [1.165, 1.54) is 7.11 Å². The number of carboxylic acid groups (broad SMARTS) is 1. The number of carboxylic acids is 1. The van der Waals surface area contributed by atoms with E-state index in [0.717, 1.165) is 5.69 Å². The number of nitrogens with zero attached hydrogens (tertiary/aromatic N) is 1. The molecule has 5 heteroatoms. The molecule has 0 spiro atoms. The first-order valence-electron chi connectivity index (χ1n) is 4.51. The van der Waals surface area contributed by atoms with E-state index in [2.05, 4.69) is 4.74 Å². The third-order valence-electron chi connectivity index (χ3n) is 2.22. The van der Waals surface area contributed by atoms with Crippen LogP contribution in [0.2, 0.25) is 0 Å². The minimum atomic E-state index is -0.851. The van der Waals surface area contributed by atoms with Gasteiger partial charge < -0.3 is 14.4 Å². The molecule has 0 amide bonds. The highest BCUT2D eigenvalue weighted by Crippen LogP contribution is 2.10. The maximum absolute atomic E-state index is 11.2. The molecule has 1 rings (SSSR count). The number of methoxy groups -OCH3 is 1. The van der Waals surface area contributed by atoms with Gasteiger partial charge in [0.25, 0.3) is 0 Å². The van der Waals surface area contributed by atoms with Gasteiger partial charge in [0.1, 0.15) is 5.69 Å². The third kappa shape index (κ3) is 2.59. The quantitative estimate of drug-likeness (QED) is 0.749. The highest BCUT2D eigenvalue weighted by molar-refractivity contribution is 5.87. The van der Waals surface area contributed by atoms with Crippen LogP contribution in [-0.4, -0.2) is 28.7 Å². The second-order valence-corrected chi connectivity index (χ2v) is 3.15. The number of aliphatic carboxylic acids is 1. The second kappa shape index (κ2) is 4.63. The number of aryl methyl sites for hydroxylation is 1. The number of carbonyl (C=O) groups is 2. The lowest BCUT2D eigenvalue weighted by Crippen LogP contribution is -2.10. The summed E-state index contributed by atoms with van der Waals surface area (Å²) in [5.41, 5.74) is 1.23. The largest absolute Gasteiger partial charge is 0.481 e. The third-order valence-corrected chi connectivity index (χ3v) is 2.22. The van der Waals surface area contributed by atoms with Gasteiger partial charge in [-0.2, -0.15) is 0 Å². The molecule has 5 nitrogen and oxygen atoms in total. The minimum Gasteiger partial charge on any atom is -0.481 e. The van der Waals surface area contributed by atoms with Crippen molar-refractivity contribution >= 4 is 11.9 Å². The summed E-state index contributed by atoms with van der Waals surface area (Å²) in [6.45, 7) is 0. The van der Waals surface area contributed by atoms with Crippen molar-refractivity contribution in [3.63, 3.8) is 0 Å². The molecule has 0 saturated carbocycles. The van der Waals surface area contributed by atoms with Crippen molar-refractivity contribution in [3.05, 3.63) is 23.5 Å². The zero-order valence-corrected chi connectivity index (χ0v) is 8.69. The normalized spacial score (nSPS) is 10.0. The van der Waals surface area contributed by atoms with Crippen molar-refractivity contribution in [2.75, 3.05) is 7.11 Å². The smallest absolute Gasteiger partial charge is 0.354 e. The molecular formula is C10H13NO4. The molecular weight excluding hydrogens is 198 g/mol. The van der Waals surface area contributed by atoms with Gasteiger partial charge in [0.05, 0.1) is 13.5 Å². The van der Waals surface area contributed by atoms with Crippen LogP contribution in [0, 0.1) is 0 Å². The van der Waals surface area contributed by atoms with Gasteiger partial charge in [-0.05, 0) is 18.6 Å². The molecule has 15 heavy (non-hydrogen) atoms. The lowest BCUT2D eigenvalue weighted by atomic mass is 10.2. The number of carbonyl (C=O) groups excluding carboxylic acids is 1. The van der Waals surface area contributed by atoms with Crippen LogP contribution in [0.3, 0.4) is 0 Å². The summed E-state index contributed by atoms with van der Waals surface area (Å²) >= 11 is 0. The molecule has 0 bridgehead atoms. The van der Waals surface area contributed by atoms with Crippen LogP contribution in [-0.2, 0) is 23.0 Å². The highest BCUT2D eigenvalue weighted by atomic mass is 16.5. The first kappa shape index (κ1) is 11.3. The molecule has 1 aromatic heterocycles. The summed E-state index contributed by atoms with van der Waals surface area (Å²) in [6, 6.07) is 3.36. The van der Waals surface area contributed by atoms with Crippen LogP contribution in [0.4, 0.5) is 0 Å². The van der Waals surface area contributed by atoms with Gasteiger partial charge in [0.2, 0.25) is 0 Å². The van der Waals surface area contributed by atoms with Crippen molar-refractivity contribution in [1.82, 2.24) is 4.57 Å². The van der Waals surface area contributed by atoms with Crippen molar-refractivity contribution in [2.24, 2.45) is 7.05 Å². The average Bonchev–Trinajstić information content (AvgIpc) is 2.56. The Labute approximate surface area is 87.3 Å². The van der Waals surface area contributed by atoms with Crippen LogP contribution in [0.25, 0.3) is 0 Å². The summed E-state index contributed by atoms with van der Waals surface area (Å²) in [5.74, 6) is -1.27. The Hall–Kier alpha value is -1.78. The lowest BCUT2D eigenvalue weighted by Gasteiger charge is -2.04. The molecule has 0 saturated heterocycles. The van der Waals surface area contributed by atoms with E-state index in [9.17, 15) is 9.59 Å². The maximum atomic E-state index is 11.2. The Bertz CT molecular complexity index is 381. The van der Waals surface area contributed by atoms with E-state index in [1.807, 2.05) is 0 Å². The van der Waals surface area contributed by atoms with Crippen molar-refractivity contribution in [2.45, 2.75) is 12.8 Å². The van der Waals surface area contributed by atoms with Gasteiger partial charge in [-0.15, -0.1) is 0 Å². The maximum Gasteiger partial charge on any atom is 0.354 e. The molecule has 0 atom stereocenters. The van der Waals surface area contributed by atoms with E-state index in [-0.39, 0.29) is 6.42 Å². The van der Waals surface area contributed by atoms with E-state index < -0.39 is 11.9 Å². The number of esters is 1. The van der Waals surface area contributed by atoms with Gasteiger partial charge in [0.15, 0.2) is 0 Å². The van der Waals surface area contributed by atoms with Gasteiger partial charge >= 0.3 is 11.9 Å². The van der Waals surface area contributed by atoms with Crippen molar-refractivity contribution in [1.29, 1.82) is 0 Å². The number of hydrogen-bond donors (Lipinski definition) is 1. The molecule has 82 valence electrons. The fourth-order valence-electron chi connectivity index (χ4n) is 1.35. The fraction of sp³-hybridized carbons (Fsp3) is 0.400. The van der Waals surface area contributed by atoms with Gasteiger partial charge in [-0.1, -0.05) is 0 Å². The Kier molecular flexibility index (Phi) is 3.49. The minimum absolute atomic E-state index is 0.0540. The van der Waals surface area contributed by atoms with Gasteiger partial charge in [-0.3, -0.25) is 4.79 Å². The molecule has 1 heterocycles. The van der Waals surface area contributed by atoms with Crippen molar-refractivity contribution in [3.8, 4) is 0 Å². The standard InChI is InChI=1S/C10H13NO4/c1-11-7(4-6-9(12)13)3-5-8(11)10(14)15-2/h3,5H,4,6H2,1-2H3,(H,12,13). The number of aromatic nitrogens is 1. The molecule has 0 aliphatic carbocycles. The van der Waals surface area contributed by atoms with Crippen LogP contribution in [0.1, 0.15) is 22.6 Å². The van der Waals surface area contributed by atoms with Gasteiger partial charge in [0, 0.05) is 12.7 Å². The predicted molar refractivity (Wildman–Crippen MR) is 52.7 cm³/mol. The average molecular weight is 211 g/mol. The van der Waals surface area contributed by atoms with E-state index in [4.69, 9.17) is 5.11 Å². The van der Waals surface area contributed by atoms with E-state index in [1.54, 1.807) is 23.7 Å². The fourth-order valence-corrected chi connectivity index (χ4v) is 1.35. The SMILES string of the molecule is COC(=O)c1ccc(CCC(=O)O)n1C. The second-order valence-electron chi connectivity index (χ2n) is 3.15. The first-order valence-corrected chi connectivity index (χ1v) is 4.51. The summed E-state index contributed by atoms with van der Waals surface area (Å²) in [5, 5.41) is 8.53. The topological polar surface area (TPSA) is 68.5 Å². The van der Waals surface area contributed by atoms with Crippen LogP contribution >= 0.6 is 0 Å². The molecule has 0 aromatic carbocycles. The van der Waals surface area contributed by atoms with Crippen LogP contribution < -0.4 is 0 Å². The van der Waals surface area contributed by atoms with Crippen molar-refractivity contribution < 1.29 is 19.4 Å². The van der Waals surface area contributed by atoms with Crippen LogP contribution in [0.5, 0.6) is 0 Å². The molecule has 0 fully saturated rings. The number of hydrogen-bond acceptors (Lipinski definition) is 3. The molecule has 1 aromatic rings. The summed E-state index contributed by atoms with van der Waals surface area (Å²) in [6.07, 6.45) is 0.460. The summed E-state index contributed by atoms with van der Waals surface area (Å²) in [7, 11) is 3.02. The Morgan fingerprint density at radius 3 is 2.67 bits per heavy atom. The number of rotatable bonds is 4. The molecule has 0 unspecified atom stereocenters. The lowest BCUT2D eigenvalue weighted by molar-refractivity contribution is -0.136. The summed E-state index contributed by atoms with van der Waals surface area (Å²) in [4.78, 5) is 21.6. The predicted octanol–water partition coefficient (Wildman–Crippen LogP) is 0.829. The van der Waals surface area contributed by atoms with E-state index >= 15 is 0 Å². The Morgan fingerprint density at radius 2 is 2.13 bits per heavy atom. The van der Waals surface area contributed by atoms with E-state index in [0.29, 0.717) is 12.1 Å². The zero-order chi connectivity index (χ0) is 11.4. The number of ether oxygens (including phenoxy) is 1. The molecule has 0 aliphatic rings. The monoisotopic (exact) mass is 211 g/mol. The highest BCUT2D eigenvalue weighted by Gasteiger charge is 2.12.